The van der Waals surface area contributed by atoms with Crippen LogP contribution in [0.1, 0.15) is 32.6 Å². The topological polar surface area (TPSA) is 71.8 Å². The summed E-state index contributed by atoms with van der Waals surface area (Å²) in [5, 5.41) is 5.50. The summed E-state index contributed by atoms with van der Waals surface area (Å²) >= 11 is 1.67. The standard InChI is InChI=1S/C22H24N2O4S/c1-14-5-6-16-18(25)12-19(28-21(16)15(14)2)22(26)23-13-17(20-4-3-11-29-20)24-7-9-27-10-8-24/h3-6,11-12,17H,7-10,13H2,1-2H3,(H,23,26)/t17-/m1/s1. The Kier molecular flexibility index (Phi) is 5.80. The zero-order valence-corrected chi connectivity index (χ0v) is 17.4. The highest BCUT2D eigenvalue weighted by molar-refractivity contribution is 7.10. The van der Waals surface area contributed by atoms with Crippen LogP contribution in [0.5, 0.6) is 0 Å². The smallest absolute Gasteiger partial charge is 0.287 e. The van der Waals surface area contributed by atoms with Gasteiger partial charge < -0.3 is 14.5 Å². The molecule has 29 heavy (non-hydrogen) atoms. The Morgan fingerprint density at radius 3 is 2.76 bits per heavy atom. The van der Waals surface area contributed by atoms with Crippen LogP contribution in [-0.2, 0) is 4.74 Å². The van der Waals surface area contributed by atoms with Crippen molar-refractivity contribution in [2.75, 3.05) is 32.8 Å². The Labute approximate surface area is 173 Å². The van der Waals surface area contributed by atoms with E-state index in [1.165, 1.54) is 10.9 Å². The second kappa shape index (κ2) is 8.49. The van der Waals surface area contributed by atoms with Gasteiger partial charge in [0.05, 0.1) is 24.6 Å². The van der Waals surface area contributed by atoms with Crippen LogP contribution >= 0.6 is 11.3 Å². The van der Waals surface area contributed by atoms with Gasteiger partial charge in [0.15, 0.2) is 11.2 Å². The summed E-state index contributed by atoms with van der Waals surface area (Å²) in [6, 6.07) is 9.08. The van der Waals surface area contributed by atoms with Crippen molar-refractivity contribution in [2.45, 2.75) is 19.9 Å². The Morgan fingerprint density at radius 1 is 1.24 bits per heavy atom. The number of thiophene rings is 1. The minimum absolute atomic E-state index is 0.0445. The number of hydrogen-bond donors (Lipinski definition) is 1. The number of benzene rings is 1. The van der Waals surface area contributed by atoms with Gasteiger partial charge in [0.2, 0.25) is 0 Å². The molecule has 0 aliphatic carbocycles. The molecule has 1 aromatic carbocycles. The molecule has 1 amide bonds. The summed E-state index contributed by atoms with van der Waals surface area (Å²) < 4.78 is 11.3. The lowest BCUT2D eigenvalue weighted by Crippen LogP contribution is -2.43. The quantitative estimate of drug-likeness (QED) is 0.696. The molecule has 1 fully saturated rings. The molecule has 4 rings (SSSR count). The Balaban J connectivity index is 1.56. The van der Waals surface area contributed by atoms with E-state index in [1.807, 2.05) is 31.4 Å². The second-order valence-electron chi connectivity index (χ2n) is 7.25. The number of amides is 1. The molecule has 152 valence electrons. The molecule has 0 saturated carbocycles. The fourth-order valence-electron chi connectivity index (χ4n) is 3.62. The van der Waals surface area contributed by atoms with Crippen LogP contribution < -0.4 is 10.7 Å². The lowest BCUT2D eigenvalue weighted by Gasteiger charge is -2.34. The van der Waals surface area contributed by atoms with Crippen LogP contribution in [0, 0.1) is 13.8 Å². The molecule has 1 atom stereocenters. The molecule has 1 saturated heterocycles. The molecule has 1 aliphatic heterocycles. The first-order valence-electron chi connectivity index (χ1n) is 9.72. The van der Waals surface area contributed by atoms with E-state index in [9.17, 15) is 9.59 Å². The van der Waals surface area contributed by atoms with Crippen molar-refractivity contribution < 1.29 is 13.9 Å². The highest BCUT2D eigenvalue weighted by atomic mass is 32.1. The Bertz CT molecular complexity index is 1070. The number of fused-ring (bicyclic) bond motifs is 1. The van der Waals surface area contributed by atoms with Gasteiger partial charge in [-0.25, -0.2) is 0 Å². The van der Waals surface area contributed by atoms with Gasteiger partial charge in [-0.2, -0.15) is 0 Å². The summed E-state index contributed by atoms with van der Waals surface area (Å²) in [5.41, 5.74) is 2.16. The van der Waals surface area contributed by atoms with Crippen molar-refractivity contribution in [1.82, 2.24) is 10.2 Å². The first kappa shape index (κ1) is 19.8. The number of hydrogen-bond acceptors (Lipinski definition) is 6. The number of carbonyl (C=O) groups is 1. The van der Waals surface area contributed by atoms with E-state index >= 15 is 0 Å². The van der Waals surface area contributed by atoms with Crippen molar-refractivity contribution in [3.63, 3.8) is 0 Å². The van der Waals surface area contributed by atoms with E-state index in [1.54, 1.807) is 17.4 Å². The van der Waals surface area contributed by atoms with Gasteiger partial charge in [0.25, 0.3) is 5.91 Å². The molecule has 1 N–H and O–H groups in total. The predicted octanol–water partition coefficient (Wildman–Crippen LogP) is 3.27. The van der Waals surface area contributed by atoms with E-state index in [-0.39, 0.29) is 23.1 Å². The number of ether oxygens (including phenoxy) is 1. The average molecular weight is 413 g/mol. The van der Waals surface area contributed by atoms with Crippen LogP contribution in [0.3, 0.4) is 0 Å². The van der Waals surface area contributed by atoms with E-state index in [2.05, 4.69) is 16.3 Å². The number of aryl methyl sites for hydroxylation is 2. The maximum absolute atomic E-state index is 12.8. The van der Waals surface area contributed by atoms with Gasteiger partial charge in [-0.1, -0.05) is 12.1 Å². The van der Waals surface area contributed by atoms with Gasteiger partial charge in [-0.15, -0.1) is 11.3 Å². The third-order valence-corrected chi connectivity index (χ3v) is 6.43. The van der Waals surface area contributed by atoms with Crippen LogP contribution in [0.2, 0.25) is 0 Å². The van der Waals surface area contributed by atoms with Crippen LogP contribution in [-0.4, -0.2) is 43.7 Å². The monoisotopic (exact) mass is 412 g/mol. The summed E-state index contributed by atoms with van der Waals surface area (Å²) in [7, 11) is 0. The first-order chi connectivity index (χ1) is 14.0. The second-order valence-corrected chi connectivity index (χ2v) is 8.23. The fraction of sp³-hybridized carbons (Fsp3) is 0.364. The predicted molar refractivity (Wildman–Crippen MR) is 114 cm³/mol. The minimum atomic E-state index is -0.375. The lowest BCUT2D eigenvalue weighted by atomic mass is 10.1. The molecular formula is C22H24N2O4S. The van der Waals surface area contributed by atoms with Gasteiger partial charge >= 0.3 is 0 Å². The molecule has 3 aromatic rings. The molecule has 2 aromatic heterocycles. The summed E-state index contributed by atoms with van der Waals surface area (Å²) in [5.74, 6) is -0.331. The van der Waals surface area contributed by atoms with Gasteiger partial charge in [0.1, 0.15) is 5.58 Å². The Morgan fingerprint density at radius 2 is 2.03 bits per heavy atom. The highest BCUT2D eigenvalue weighted by Crippen LogP contribution is 2.26. The zero-order chi connectivity index (χ0) is 20.4. The fourth-order valence-corrected chi connectivity index (χ4v) is 4.48. The number of carbonyl (C=O) groups excluding carboxylic acids is 1. The van der Waals surface area contributed by atoms with Crippen LogP contribution in [0.4, 0.5) is 0 Å². The average Bonchev–Trinajstić information content (AvgIpc) is 3.26. The van der Waals surface area contributed by atoms with Crippen molar-refractivity contribution in [1.29, 1.82) is 0 Å². The van der Waals surface area contributed by atoms with E-state index in [0.717, 1.165) is 24.2 Å². The van der Waals surface area contributed by atoms with Crippen molar-refractivity contribution >= 4 is 28.2 Å². The maximum atomic E-state index is 12.8. The summed E-state index contributed by atoms with van der Waals surface area (Å²) in [6.45, 7) is 7.31. The minimum Gasteiger partial charge on any atom is -0.450 e. The molecule has 0 spiro atoms. The number of nitrogens with zero attached hydrogens (tertiary/aromatic N) is 1. The van der Waals surface area contributed by atoms with Gasteiger partial charge in [-0.05, 0) is 42.5 Å². The molecular weight excluding hydrogens is 388 g/mol. The van der Waals surface area contributed by atoms with Crippen molar-refractivity contribution in [3.8, 4) is 0 Å². The zero-order valence-electron chi connectivity index (χ0n) is 16.6. The molecule has 0 radical (unpaired) electrons. The SMILES string of the molecule is Cc1ccc2c(=O)cc(C(=O)NC[C@H](c3cccs3)N3CCOCC3)oc2c1C. The largest absolute Gasteiger partial charge is 0.450 e. The van der Waals surface area contributed by atoms with Gasteiger partial charge in [-0.3, -0.25) is 14.5 Å². The molecule has 0 bridgehead atoms. The third-order valence-electron chi connectivity index (χ3n) is 5.45. The van der Waals surface area contributed by atoms with Crippen molar-refractivity contribution in [2.24, 2.45) is 0 Å². The normalized spacial score (nSPS) is 16.1. The molecule has 6 nitrogen and oxygen atoms in total. The van der Waals surface area contributed by atoms with Crippen LogP contribution in [0.25, 0.3) is 11.0 Å². The third kappa shape index (κ3) is 4.12. The molecule has 1 aliphatic rings. The van der Waals surface area contributed by atoms with E-state index in [0.29, 0.717) is 30.7 Å². The molecule has 3 heterocycles. The number of nitrogens with one attached hydrogen (secondary N) is 1. The number of rotatable bonds is 5. The van der Waals surface area contributed by atoms with E-state index < -0.39 is 0 Å². The number of morpholine rings is 1. The Hall–Kier alpha value is -2.48. The summed E-state index contributed by atoms with van der Waals surface area (Å²) in [6.07, 6.45) is 0. The lowest BCUT2D eigenvalue weighted by molar-refractivity contribution is 0.0168. The molecule has 0 unspecified atom stereocenters. The highest BCUT2D eigenvalue weighted by Gasteiger charge is 2.24. The van der Waals surface area contributed by atoms with E-state index in [4.69, 9.17) is 9.15 Å². The summed E-state index contributed by atoms with van der Waals surface area (Å²) in [4.78, 5) is 28.8. The van der Waals surface area contributed by atoms with Crippen LogP contribution in [0.15, 0.2) is 44.9 Å². The van der Waals surface area contributed by atoms with Crippen molar-refractivity contribution in [3.05, 3.63) is 67.7 Å². The van der Waals surface area contributed by atoms with Gasteiger partial charge in [0, 0.05) is 30.6 Å². The maximum Gasteiger partial charge on any atom is 0.287 e. The first-order valence-corrected chi connectivity index (χ1v) is 10.6. The molecule has 7 heteroatoms.